The number of carbonyl (C=O) groups excluding carboxylic acids is 1. The zero-order valence-corrected chi connectivity index (χ0v) is 17.6. The minimum atomic E-state index is 0.106. The molecule has 6 heteroatoms. The molecule has 1 amide bonds. The standard InChI is InChI=1S/C22H24ClN3OS/c1-2-5-20-24-19-14-17(22(27)26-8-10-28-11-9-26)13-16(21(19)25-20)12-15-6-3-4-7-18(15)23/h3-4,6-7,13-14H,2,5,8-12H2,1H3,(H,24,25). The van der Waals surface area contributed by atoms with Crippen molar-refractivity contribution in [3.63, 3.8) is 0 Å². The summed E-state index contributed by atoms with van der Waals surface area (Å²) in [5.74, 6) is 3.09. The summed E-state index contributed by atoms with van der Waals surface area (Å²) in [4.78, 5) is 23.3. The number of hydrogen-bond donors (Lipinski definition) is 1. The zero-order chi connectivity index (χ0) is 19.5. The maximum atomic E-state index is 13.1. The lowest BCUT2D eigenvalue weighted by Gasteiger charge is -2.26. The minimum Gasteiger partial charge on any atom is -0.342 e. The van der Waals surface area contributed by atoms with E-state index in [1.165, 1.54) is 0 Å². The number of amides is 1. The number of aryl methyl sites for hydroxylation is 1. The quantitative estimate of drug-likeness (QED) is 0.643. The molecule has 0 unspecified atom stereocenters. The topological polar surface area (TPSA) is 49.0 Å². The van der Waals surface area contributed by atoms with Crippen molar-refractivity contribution in [3.05, 3.63) is 63.9 Å². The van der Waals surface area contributed by atoms with Gasteiger partial charge in [-0.1, -0.05) is 36.7 Å². The smallest absolute Gasteiger partial charge is 0.253 e. The van der Waals surface area contributed by atoms with Crippen molar-refractivity contribution < 1.29 is 4.79 Å². The van der Waals surface area contributed by atoms with Gasteiger partial charge < -0.3 is 9.88 Å². The van der Waals surface area contributed by atoms with Crippen LogP contribution in [0.3, 0.4) is 0 Å². The predicted molar refractivity (Wildman–Crippen MR) is 118 cm³/mol. The Morgan fingerprint density at radius 1 is 1.21 bits per heavy atom. The van der Waals surface area contributed by atoms with Gasteiger partial charge in [0.05, 0.1) is 11.0 Å². The minimum absolute atomic E-state index is 0.106. The van der Waals surface area contributed by atoms with E-state index in [1.54, 1.807) is 0 Å². The van der Waals surface area contributed by atoms with Gasteiger partial charge in [-0.25, -0.2) is 4.98 Å². The Kier molecular flexibility index (Phi) is 5.93. The van der Waals surface area contributed by atoms with Crippen LogP contribution in [0.4, 0.5) is 0 Å². The maximum absolute atomic E-state index is 13.1. The number of carbonyl (C=O) groups is 1. The fourth-order valence-electron chi connectivity index (χ4n) is 3.65. The third-order valence-corrected chi connectivity index (χ3v) is 6.40. The number of hydrogen-bond acceptors (Lipinski definition) is 3. The molecule has 1 aromatic heterocycles. The molecular formula is C22H24ClN3OS. The van der Waals surface area contributed by atoms with Crippen molar-refractivity contribution in [2.45, 2.75) is 26.2 Å². The molecule has 1 aliphatic rings. The van der Waals surface area contributed by atoms with E-state index in [4.69, 9.17) is 16.6 Å². The lowest BCUT2D eigenvalue weighted by molar-refractivity contribution is 0.0772. The van der Waals surface area contributed by atoms with Crippen LogP contribution in [0.15, 0.2) is 36.4 Å². The second kappa shape index (κ2) is 8.58. The number of H-pyrrole nitrogens is 1. The first-order chi connectivity index (χ1) is 13.7. The highest BCUT2D eigenvalue weighted by molar-refractivity contribution is 7.99. The van der Waals surface area contributed by atoms with Gasteiger partial charge in [-0.3, -0.25) is 4.79 Å². The average molecular weight is 414 g/mol. The zero-order valence-electron chi connectivity index (χ0n) is 16.0. The van der Waals surface area contributed by atoms with Crippen LogP contribution in [0.25, 0.3) is 11.0 Å². The summed E-state index contributed by atoms with van der Waals surface area (Å²) in [7, 11) is 0. The molecular weight excluding hydrogens is 390 g/mol. The summed E-state index contributed by atoms with van der Waals surface area (Å²) >= 11 is 8.30. The van der Waals surface area contributed by atoms with Crippen molar-refractivity contribution in [1.29, 1.82) is 0 Å². The van der Waals surface area contributed by atoms with Crippen LogP contribution in [-0.2, 0) is 12.8 Å². The van der Waals surface area contributed by atoms with E-state index in [0.717, 1.165) is 76.0 Å². The Balaban J connectivity index is 1.76. The molecule has 28 heavy (non-hydrogen) atoms. The van der Waals surface area contributed by atoms with E-state index in [9.17, 15) is 4.79 Å². The van der Waals surface area contributed by atoms with Crippen LogP contribution in [0, 0.1) is 0 Å². The van der Waals surface area contributed by atoms with Crippen LogP contribution in [0.1, 0.15) is 40.7 Å². The second-order valence-corrected chi connectivity index (χ2v) is 8.77. The molecule has 3 aromatic rings. The predicted octanol–water partition coefficient (Wildman–Crippen LogP) is 4.95. The lowest BCUT2D eigenvalue weighted by atomic mass is 10.0. The highest BCUT2D eigenvalue weighted by Crippen LogP contribution is 2.26. The van der Waals surface area contributed by atoms with Crippen LogP contribution >= 0.6 is 23.4 Å². The number of nitrogens with one attached hydrogen (secondary N) is 1. The summed E-state index contributed by atoms with van der Waals surface area (Å²) in [5, 5.41) is 0.741. The van der Waals surface area contributed by atoms with Gasteiger partial charge in [0.2, 0.25) is 0 Å². The molecule has 4 nitrogen and oxygen atoms in total. The Morgan fingerprint density at radius 2 is 2.00 bits per heavy atom. The van der Waals surface area contributed by atoms with Gasteiger partial charge in [0.1, 0.15) is 5.82 Å². The van der Waals surface area contributed by atoms with Gasteiger partial charge in [0.25, 0.3) is 5.91 Å². The molecule has 0 radical (unpaired) electrons. The Hall–Kier alpha value is -1.98. The van der Waals surface area contributed by atoms with Gasteiger partial charge in [-0.15, -0.1) is 0 Å². The molecule has 2 aromatic carbocycles. The van der Waals surface area contributed by atoms with Gasteiger partial charge in [0, 0.05) is 48.0 Å². The molecule has 0 spiro atoms. The normalized spacial score (nSPS) is 14.6. The van der Waals surface area contributed by atoms with Crippen LogP contribution in [-0.4, -0.2) is 45.4 Å². The number of nitrogens with zero attached hydrogens (tertiary/aromatic N) is 2. The van der Waals surface area contributed by atoms with Gasteiger partial charge in [-0.2, -0.15) is 11.8 Å². The SMILES string of the molecule is CCCc1nc2c(Cc3ccccc3Cl)cc(C(=O)N3CCSCC3)cc2[nH]1. The largest absolute Gasteiger partial charge is 0.342 e. The van der Waals surface area contributed by atoms with Crippen LogP contribution < -0.4 is 0 Å². The van der Waals surface area contributed by atoms with Gasteiger partial charge in [0.15, 0.2) is 0 Å². The van der Waals surface area contributed by atoms with E-state index in [1.807, 2.05) is 53.1 Å². The molecule has 0 bridgehead atoms. The number of thioether (sulfide) groups is 1. The molecule has 0 saturated carbocycles. The Bertz CT molecular complexity index is 995. The molecule has 0 atom stereocenters. The highest BCUT2D eigenvalue weighted by atomic mass is 35.5. The molecule has 2 heterocycles. The summed E-state index contributed by atoms with van der Waals surface area (Å²) in [6, 6.07) is 11.8. The van der Waals surface area contributed by atoms with Gasteiger partial charge in [-0.05, 0) is 35.7 Å². The monoisotopic (exact) mass is 413 g/mol. The average Bonchev–Trinajstić information content (AvgIpc) is 3.13. The summed E-state index contributed by atoms with van der Waals surface area (Å²) < 4.78 is 0. The number of aromatic amines is 1. The number of aromatic nitrogens is 2. The van der Waals surface area contributed by atoms with Crippen LogP contribution in [0.5, 0.6) is 0 Å². The fourth-order valence-corrected chi connectivity index (χ4v) is 4.76. The van der Waals surface area contributed by atoms with Crippen molar-refractivity contribution >= 4 is 40.3 Å². The fraction of sp³-hybridized carbons (Fsp3) is 0.364. The van der Waals surface area contributed by atoms with Crippen molar-refractivity contribution in [1.82, 2.24) is 14.9 Å². The maximum Gasteiger partial charge on any atom is 0.253 e. The first kappa shape index (κ1) is 19.3. The number of rotatable bonds is 5. The second-order valence-electron chi connectivity index (χ2n) is 7.14. The molecule has 4 rings (SSSR count). The van der Waals surface area contributed by atoms with Crippen molar-refractivity contribution in [2.75, 3.05) is 24.6 Å². The van der Waals surface area contributed by atoms with E-state index >= 15 is 0 Å². The summed E-state index contributed by atoms with van der Waals surface area (Å²) in [6.45, 7) is 3.76. The number of halogens is 1. The summed E-state index contributed by atoms with van der Waals surface area (Å²) in [6.07, 6.45) is 2.58. The Labute approximate surface area is 174 Å². The lowest BCUT2D eigenvalue weighted by Crippen LogP contribution is -2.37. The molecule has 0 aliphatic carbocycles. The first-order valence-electron chi connectivity index (χ1n) is 9.77. The molecule has 1 N–H and O–H groups in total. The number of benzene rings is 2. The molecule has 1 saturated heterocycles. The van der Waals surface area contributed by atoms with E-state index < -0.39 is 0 Å². The van der Waals surface area contributed by atoms with E-state index in [0.29, 0.717) is 6.42 Å². The Morgan fingerprint density at radius 3 is 2.75 bits per heavy atom. The van der Waals surface area contributed by atoms with Gasteiger partial charge >= 0.3 is 0 Å². The third kappa shape index (κ3) is 4.06. The molecule has 146 valence electrons. The van der Waals surface area contributed by atoms with E-state index in [-0.39, 0.29) is 5.91 Å². The van der Waals surface area contributed by atoms with Crippen molar-refractivity contribution in [3.8, 4) is 0 Å². The van der Waals surface area contributed by atoms with Crippen LogP contribution in [0.2, 0.25) is 5.02 Å². The number of imidazole rings is 1. The van der Waals surface area contributed by atoms with E-state index in [2.05, 4.69) is 11.9 Å². The highest BCUT2D eigenvalue weighted by Gasteiger charge is 2.21. The summed E-state index contributed by atoms with van der Waals surface area (Å²) in [5.41, 5.74) is 4.69. The first-order valence-corrected chi connectivity index (χ1v) is 11.3. The van der Waals surface area contributed by atoms with Crippen molar-refractivity contribution in [2.24, 2.45) is 0 Å². The molecule has 1 fully saturated rings. The third-order valence-electron chi connectivity index (χ3n) is 5.09. The molecule has 1 aliphatic heterocycles. The number of fused-ring (bicyclic) bond motifs is 1.